The maximum atomic E-state index is 11.9. The number of halogens is 1. The Labute approximate surface area is 137 Å². The van der Waals surface area contributed by atoms with Crippen molar-refractivity contribution in [3.8, 4) is 5.75 Å². The molecule has 0 aromatic heterocycles. The number of nitrogens with one attached hydrogen (secondary N) is 1. The summed E-state index contributed by atoms with van der Waals surface area (Å²) in [4.78, 5) is 0. The van der Waals surface area contributed by atoms with E-state index in [0.29, 0.717) is 32.1 Å². The van der Waals surface area contributed by atoms with Gasteiger partial charge in [0.05, 0.1) is 25.9 Å². The molecule has 2 N–H and O–H groups in total. The molecule has 0 radical (unpaired) electrons. The van der Waals surface area contributed by atoms with E-state index in [-0.39, 0.29) is 19.3 Å². The summed E-state index contributed by atoms with van der Waals surface area (Å²) in [6.07, 6.45) is -0.442. The highest BCUT2D eigenvalue weighted by Gasteiger charge is 2.05. The van der Waals surface area contributed by atoms with Crippen LogP contribution in [0.5, 0.6) is 5.75 Å². The number of aliphatic hydroxyl groups is 1. The Balaban J connectivity index is 2.17. The van der Waals surface area contributed by atoms with Crippen LogP contribution < -0.4 is 10.1 Å². The van der Waals surface area contributed by atoms with Crippen molar-refractivity contribution in [3.05, 3.63) is 29.8 Å². The number of hydrogen-bond acceptors (Lipinski definition) is 5. The lowest BCUT2D eigenvalue weighted by Crippen LogP contribution is -2.32. The van der Waals surface area contributed by atoms with E-state index >= 15 is 0 Å². The molecule has 1 atom stereocenters. The van der Waals surface area contributed by atoms with Gasteiger partial charge >= 0.3 is 0 Å². The summed E-state index contributed by atoms with van der Waals surface area (Å²) in [6.45, 7) is 5.95. The van der Waals surface area contributed by atoms with Crippen molar-refractivity contribution in [1.82, 2.24) is 5.32 Å². The molecule has 5 nitrogen and oxygen atoms in total. The second-order valence-electron chi connectivity index (χ2n) is 5.47. The Bertz CT molecular complexity index is 400. The molecule has 0 aliphatic carbocycles. The first-order valence-electron chi connectivity index (χ1n) is 7.97. The van der Waals surface area contributed by atoms with E-state index in [1.807, 2.05) is 38.1 Å². The second-order valence-corrected chi connectivity index (χ2v) is 5.47. The standard InChI is InChI=1S/C17H28FNO4/c1-14(2)22-10-9-21-12-15-3-5-17(6-4-15)23-13-16(20)11-19-8-7-18/h3-6,14,16,19-20H,7-13H2,1-2H3. The SMILES string of the molecule is CC(C)OCCOCc1ccc(OCC(O)CNCCF)cc1. The number of benzene rings is 1. The van der Waals surface area contributed by atoms with Gasteiger partial charge in [0, 0.05) is 13.1 Å². The van der Waals surface area contributed by atoms with Gasteiger partial charge in [-0.2, -0.15) is 0 Å². The normalized spacial score (nSPS) is 12.6. The van der Waals surface area contributed by atoms with Crippen molar-refractivity contribution in [2.45, 2.75) is 32.7 Å². The third-order valence-corrected chi connectivity index (χ3v) is 2.96. The minimum absolute atomic E-state index is 0.168. The fraction of sp³-hybridized carbons (Fsp3) is 0.647. The molecular formula is C17H28FNO4. The molecule has 0 heterocycles. The molecular weight excluding hydrogens is 301 g/mol. The summed E-state index contributed by atoms with van der Waals surface area (Å²) in [5, 5.41) is 12.4. The molecule has 0 saturated carbocycles. The lowest BCUT2D eigenvalue weighted by molar-refractivity contribution is 0.0143. The van der Waals surface area contributed by atoms with Gasteiger partial charge in [-0.05, 0) is 31.5 Å². The smallest absolute Gasteiger partial charge is 0.119 e. The maximum Gasteiger partial charge on any atom is 0.119 e. The highest BCUT2D eigenvalue weighted by atomic mass is 19.1. The molecule has 0 bridgehead atoms. The molecule has 1 rings (SSSR count). The van der Waals surface area contributed by atoms with E-state index in [0.717, 1.165) is 5.56 Å². The van der Waals surface area contributed by atoms with Gasteiger partial charge in [-0.3, -0.25) is 0 Å². The molecule has 0 aliphatic rings. The largest absolute Gasteiger partial charge is 0.491 e. The lowest BCUT2D eigenvalue weighted by atomic mass is 10.2. The van der Waals surface area contributed by atoms with Crippen LogP contribution in [0.15, 0.2) is 24.3 Å². The minimum Gasteiger partial charge on any atom is -0.491 e. The van der Waals surface area contributed by atoms with Crippen LogP contribution in [0.4, 0.5) is 4.39 Å². The molecule has 0 saturated heterocycles. The number of ether oxygens (including phenoxy) is 3. The van der Waals surface area contributed by atoms with Crippen LogP contribution in [-0.4, -0.2) is 56.9 Å². The van der Waals surface area contributed by atoms with Crippen molar-refractivity contribution >= 4 is 0 Å². The summed E-state index contributed by atoms with van der Waals surface area (Å²) < 4.78 is 28.3. The maximum absolute atomic E-state index is 11.9. The number of rotatable bonds is 13. The van der Waals surface area contributed by atoms with Gasteiger partial charge in [0.25, 0.3) is 0 Å². The van der Waals surface area contributed by atoms with Crippen LogP contribution in [0.1, 0.15) is 19.4 Å². The van der Waals surface area contributed by atoms with Gasteiger partial charge in [-0.15, -0.1) is 0 Å². The van der Waals surface area contributed by atoms with E-state index in [4.69, 9.17) is 14.2 Å². The lowest BCUT2D eigenvalue weighted by Gasteiger charge is -2.13. The minimum atomic E-state index is -0.662. The van der Waals surface area contributed by atoms with Crippen molar-refractivity contribution < 1.29 is 23.7 Å². The number of hydrogen-bond donors (Lipinski definition) is 2. The Morgan fingerprint density at radius 1 is 1.17 bits per heavy atom. The van der Waals surface area contributed by atoms with Gasteiger partial charge < -0.3 is 24.6 Å². The summed E-state index contributed by atoms with van der Waals surface area (Å²) in [7, 11) is 0. The van der Waals surface area contributed by atoms with Crippen molar-refractivity contribution in [2.24, 2.45) is 0 Å². The Morgan fingerprint density at radius 2 is 1.91 bits per heavy atom. The van der Waals surface area contributed by atoms with Gasteiger partial charge in [-0.1, -0.05) is 12.1 Å². The molecule has 0 amide bonds. The predicted octanol–water partition coefficient (Wildman–Crippen LogP) is 1.93. The molecule has 23 heavy (non-hydrogen) atoms. The third kappa shape index (κ3) is 10.2. The predicted molar refractivity (Wildman–Crippen MR) is 87.5 cm³/mol. The second kappa shape index (κ2) is 12.2. The number of aliphatic hydroxyl groups excluding tert-OH is 1. The molecule has 1 aromatic rings. The fourth-order valence-corrected chi connectivity index (χ4v) is 1.80. The topological polar surface area (TPSA) is 60.0 Å². The molecule has 132 valence electrons. The van der Waals surface area contributed by atoms with Crippen LogP contribution in [0, 0.1) is 0 Å². The molecule has 1 aromatic carbocycles. The Kier molecular flexibility index (Phi) is 10.6. The van der Waals surface area contributed by atoms with Crippen LogP contribution in [0.3, 0.4) is 0 Å². The number of alkyl halides is 1. The summed E-state index contributed by atoms with van der Waals surface area (Å²) >= 11 is 0. The summed E-state index contributed by atoms with van der Waals surface area (Å²) in [5.41, 5.74) is 1.05. The van der Waals surface area contributed by atoms with Gasteiger partial charge in [0.1, 0.15) is 25.1 Å². The highest BCUT2D eigenvalue weighted by molar-refractivity contribution is 5.26. The van der Waals surface area contributed by atoms with E-state index in [9.17, 15) is 9.50 Å². The average Bonchev–Trinajstić information content (AvgIpc) is 2.54. The van der Waals surface area contributed by atoms with E-state index in [1.54, 1.807) is 0 Å². The van der Waals surface area contributed by atoms with E-state index in [2.05, 4.69) is 5.32 Å². The summed E-state index contributed by atoms with van der Waals surface area (Å²) in [5.74, 6) is 0.682. The Morgan fingerprint density at radius 3 is 2.57 bits per heavy atom. The first kappa shape index (κ1) is 19.8. The quantitative estimate of drug-likeness (QED) is 0.542. The fourth-order valence-electron chi connectivity index (χ4n) is 1.80. The van der Waals surface area contributed by atoms with E-state index in [1.165, 1.54) is 0 Å². The van der Waals surface area contributed by atoms with Gasteiger partial charge in [-0.25, -0.2) is 4.39 Å². The van der Waals surface area contributed by atoms with Crippen LogP contribution >= 0.6 is 0 Å². The zero-order chi connectivity index (χ0) is 16.9. The molecule has 0 fully saturated rings. The van der Waals surface area contributed by atoms with Crippen molar-refractivity contribution in [2.75, 3.05) is 39.6 Å². The summed E-state index contributed by atoms with van der Waals surface area (Å²) in [6, 6.07) is 7.52. The monoisotopic (exact) mass is 329 g/mol. The molecule has 0 spiro atoms. The zero-order valence-electron chi connectivity index (χ0n) is 14.0. The molecule has 1 unspecified atom stereocenters. The van der Waals surface area contributed by atoms with Crippen molar-refractivity contribution in [3.63, 3.8) is 0 Å². The van der Waals surface area contributed by atoms with Crippen molar-refractivity contribution in [1.29, 1.82) is 0 Å². The first-order chi connectivity index (χ1) is 11.1. The first-order valence-corrected chi connectivity index (χ1v) is 7.97. The zero-order valence-corrected chi connectivity index (χ0v) is 14.0. The van der Waals surface area contributed by atoms with E-state index < -0.39 is 12.8 Å². The average molecular weight is 329 g/mol. The molecule has 6 heteroatoms. The van der Waals surface area contributed by atoms with Crippen LogP contribution in [0.2, 0.25) is 0 Å². The Hall–Kier alpha value is -1.21. The third-order valence-electron chi connectivity index (χ3n) is 2.96. The highest BCUT2D eigenvalue weighted by Crippen LogP contribution is 2.13. The van der Waals surface area contributed by atoms with Crippen LogP contribution in [0.25, 0.3) is 0 Å². The molecule has 0 aliphatic heterocycles. The van der Waals surface area contributed by atoms with Gasteiger partial charge in [0.2, 0.25) is 0 Å². The van der Waals surface area contributed by atoms with Gasteiger partial charge in [0.15, 0.2) is 0 Å². The van der Waals surface area contributed by atoms with Crippen LogP contribution in [-0.2, 0) is 16.1 Å².